The van der Waals surface area contributed by atoms with Gasteiger partial charge in [-0.15, -0.1) is 0 Å². The molecule has 2 nitrogen and oxygen atoms in total. The molecule has 0 amide bonds. The molecule has 0 spiro atoms. The van der Waals surface area contributed by atoms with Crippen molar-refractivity contribution in [2.45, 2.75) is 37.6 Å². The summed E-state index contributed by atoms with van der Waals surface area (Å²) in [6.45, 7) is 0. The van der Waals surface area contributed by atoms with Crippen LogP contribution in [0.1, 0.15) is 37.7 Å². The first kappa shape index (κ1) is 11.9. The Labute approximate surface area is 103 Å². The van der Waals surface area contributed by atoms with E-state index in [9.17, 15) is 9.50 Å². The Bertz CT molecular complexity index is 402. The minimum absolute atomic E-state index is 0.0827. The molecular formula is C12H15BrFNO. The second-order valence-corrected chi connectivity index (χ2v) is 5.35. The van der Waals surface area contributed by atoms with Crippen LogP contribution in [-0.2, 0) is 5.54 Å². The van der Waals surface area contributed by atoms with E-state index < -0.39 is 11.4 Å². The highest BCUT2D eigenvalue weighted by molar-refractivity contribution is 9.10. The number of hydrogen-bond donors (Lipinski definition) is 2. The Morgan fingerprint density at radius 3 is 2.50 bits per heavy atom. The zero-order valence-electron chi connectivity index (χ0n) is 8.97. The summed E-state index contributed by atoms with van der Waals surface area (Å²) in [6, 6.07) is 2.73. The van der Waals surface area contributed by atoms with Gasteiger partial charge in [-0.05, 0) is 34.8 Å². The zero-order chi connectivity index (χ0) is 11.8. The highest BCUT2D eigenvalue weighted by Crippen LogP contribution is 2.39. The van der Waals surface area contributed by atoms with Gasteiger partial charge in [0.2, 0.25) is 0 Å². The number of aromatic hydroxyl groups is 1. The standard InChI is InChI=1S/C12H15BrFNO/c13-9-6-8(10(14)7-11(9)16)12(15)4-2-1-3-5-12/h6-7,16H,1-5,15H2. The summed E-state index contributed by atoms with van der Waals surface area (Å²) in [4.78, 5) is 0. The average Bonchev–Trinajstić information content (AvgIpc) is 2.24. The first-order valence-corrected chi connectivity index (χ1v) is 6.30. The van der Waals surface area contributed by atoms with Gasteiger partial charge in [-0.25, -0.2) is 4.39 Å². The van der Waals surface area contributed by atoms with Crippen molar-refractivity contribution in [3.8, 4) is 5.75 Å². The van der Waals surface area contributed by atoms with Gasteiger partial charge in [-0.3, -0.25) is 0 Å². The number of hydrogen-bond acceptors (Lipinski definition) is 2. The van der Waals surface area contributed by atoms with Crippen molar-refractivity contribution < 1.29 is 9.50 Å². The van der Waals surface area contributed by atoms with Crippen molar-refractivity contribution in [1.82, 2.24) is 0 Å². The van der Waals surface area contributed by atoms with Crippen LogP contribution >= 0.6 is 15.9 Å². The first-order valence-electron chi connectivity index (χ1n) is 5.50. The lowest BCUT2D eigenvalue weighted by Crippen LogP contribution is -2.39. The summed E-state index contributed by atoms with van der Waals surface area (Å²) in [5.41, 5.74) is 6.20. The van der Waals surface area contributed by atoms with Crippen LogP contribution in [0.3, 0.4) is 0 Å². The number of rotatable bonds is 1. The van der Waals surface area contributed by atoms with Crippen LogP contribution in [0, 0.1) is 5.82 Å². The third-order valence-electron chi connectivity index (χ3n) is 3.32. The molecule has 0 aliphatic heterocycles. The fourth-order valence-corrected chi connectivity index (χ4v) is 2.71. The summed E-state index contributed by atoms with van der Waals surface area (Å²) in [7, 11) is 0. The minimum Gasteiger partial charge on any atom is -0.507 e. The van der Waals surface area contributed by atoms with Gasteiger partial charge in [0.25, 0.3) is 0 Å². The fraction of sp³-hybridized carbons (Fsp3) is 0.500. The molecule has 0 unspecified atom stereocenters. The lowest BCUT2D eigenvalue weighted by atomic mass is 9.77. The monoisotopic (exact) mass is 287 g/mol. The van der Waals surface area contributed by atoms with Crippen molar-refractivity contribution in [1.29, 1.82) is 0 Å². The Morgan fingerprint density at radius 2 is 1.88 bits per heavy atom. The van der Waals surface area contributed by atoms with E-state index in [0.29, 0.717) is 10.0 Å². The number of halogens is 2. The maximum atomic E-state index is 13.8. The highest BCUT2D eigenvalue weighted by atomic mass is 79.9. The molecule has 4 heteroatoms. The maximum Gasteiger partial charge on any atom is 0.132 e. The Balaban J connectivity index is 2.42. The summed E-state index contributed by atoms with van der Waals surface area (Å²) < 4.78 is 14.3. The fourth-order valence-electron chi connectivity index (χ4n) is 2.37. The van der Waals surface area contributed by atoms with E-state index in [-0.39, 0.29) is 5.75 Å². The van der Waals surface area contributed by atoms with Gasteiger partial charge in [0.15, 0.2) is 0 Å². The third-order valence-corrected chi connectivity index (χ3v) is 3.95. The van der Waals surface area contributed by atoms with Crippen molar-refractivity contribution >= 4 is 15.9 Å². The van der Waals surface area contributed by atoms with E-state index in [0.717, 1.165) is 31.7 Å². The lowest BCUT2D eigenvalue weighted by Gasteiger charge is -2.34. The SMILES string of the molecule is NC1(c2cc(Br)c(O)cc2F)CCCCC1. The molecule has 2 rings (SSSR count). The molecule has 0 heterocycles. The molecule has 1 aliphatic rings. The van der Waals surface area contributed by atoms with Gasteiger partial charge < -0.3 is 10.8 Å². The molecule has 1 aliphatic carbocycles. The minimum atomic E-state index is -0.571. The van der Waals surface area contributed by atoms with Crippen LogP contribution in [0.2, 0.25) is 0 Å². The van der Waals surface area contributed by atoms with E-state index in [4.69, 9.17) is 5.73 Å². The smallest absolute Gasteiger partial charge is 0.132 e. The second-order valence-electron chi connectivity index (χ2n) is 4.50. The molecule has 1 aromatic carbocycles. The molecule has 1 saturated carbocycles. The van der Waals surface area contributed by atoms with Gasteiger partial charge in [0, 0.05) is 17.2 Å². The predicted molar refractivity (Wildman–Crippen MR) is 64.7 cm³/mol. The first-order chi connectivity index (χ1) is 7.53. The molecule has 1 fully saturated rings. The van der Waals surface area contributed by atoms with Crippen LogP contribution in [0.5, 0.6) is 5.75 Å². The molecule has 0 radical (unpaired) electrons. The Hall–Kier alpha value is -0.610. The van der Waals surface area contributed by atoms with Crippen molar-refractivity contribution in [2.75, 3.05) is 0 Å². The van der Waals surface area contributed by atoms with Gasteiger partial charge in [-0.2, -0.15) is 0 Å². The molecule has 16 heavy (non-hydrogen) atoms. The number of phenolic OH excluding ortho intramolecular Hbond substituents is 1. The predicted octanol–water partition coefficient (Wildman–Crippen LogP) is 3.41. The molecular weight excluding hydrogens is 273 g/mol. The Morgan fingerprint density at radius 1 is 1.25 bits per heavy atom. The summed E-state index contributed by atoms with van der Waals surface area (Å²) in [5, 5.41) is 9.38. The average molecular weight is 288 g/mol. The van der Waals surface area contributed by atoms with Gasteiger partial charge >= 0.3 is 0 Å². The van der Waals surface area contributed by atoms with E-state index in [2.05, 4.69) is 15.9 Å². The number of phenols is 1. The quantitative estimate of drug-likeness (QED) is 0.831. The van der Waals surface area contributed by atoms with E-state index in [1.807, 2.05) is 0 Å². The zero-order valence-corrected chi connectivity index (χ0v) is 10.6. The van der Waals surface area contributed by atoms with Crippen molar-refractivity contribution in [2.24, 2.45) is 5.73 Å². The molecule has 0 atom stereocenters. The molecule has 3 N–H and O–H groups in total. The Kier molecular flexibility index (Phi) is 3.22. The molecule has 88 valence electrons. The van der Waals surface area contributed by atoms with Crippen LogP contribution in [0.25, 0.3) is 0 Å². The third kappa shape index (κ3) is 2.09. The van der Waals surface area contributed by atoms with Crippen LogP contribution in [0.15, 0.2) is 16.6 Å². The normalized spacial score (nSPS) is 19.7. The number of benzene rings is 1. The largest absolute Gasteiger partial charge is 0.507 e. The summed E-state index contributed by atoms with van der Waals surface area (Å²) in [6.07, 6.45) is 4.85. The van der Waals surface area contributed by atoms with Crippen molar-refractivity contribution in [3.63, 3.8) is 0 Å². The van der Waals surface area contributed by atoms with Crippen LogP contribution in [-0.4, -0.2) is 5.11 Å². The van der Waals surface area contributed by atoms with E-state index in [1.54, 1.807) is 6.07 Å². The van der Waals surface area contributed by atoms with Crippen LogP contribution < -0.4 is 5.73 Å². The van der Waals surface area contributed by atoms with E-state index >= 15 is 0 Å². The lowest BCUT2D eigenvalue weighted by molar-refractivity contribution is 0.292. The summed E-state index contributed by atoms with van der Waals surface area (Å²) in [5.74, 6) is -0.495. The second kappa shape index (κ2) is 4.34. The number of nitrogens with two attached hydrogens (primary N) is 1. The van der Waals surface area contributed by atoms with E-state index in [1.165, 1.54) is 6.42 Å². The molecule has 1 aromatic rings. The topological polar surface area (TPSA) is 46.2 Å². The van der Waals surface area contributed by atoms with Gasteiger partial charge in [0.1, 0.15) is 11.6 Å². The molecule has 0 saturated heterocycles. The maximum absolute atomic E-state index is 13.8. The van der Waals surface area contributed by atoms with Crippen molar-refractivity contribution in [3.05, 3.63) is 28.0 Å². The summed E-state index contributed by atoms with van der Waals surface area (Å²) >= 11 is 3.20. The molecule has 0 bridgehead atoms. The molecule has 0 aromatic heterocycles. The van der Waals surface area contributed by atoms with Gasteiger partial charge in [-0.1, -0.05) is 19.3 Å². The van der Waals surface area contributed by atoms with Gasteiger partial charge in [0.05, 0.1) is 4.47 Å². The highest BCUT2D eigenvalue weighted by Gasteiger charge is 2.32. The van der Waals surface area contributed by atoms with Crippen LogP contribution in [0.4, 0.5) is 4.39 Å².